The van der Waals surface area contributed by atoms with Crippen LogP contribution in [0.4, 0.5) is 0 Å². The SMILES string of the molecule is CCCCCC(=O)Oc1ccccc1OC(=O)CCCCCCCCC(C)(C)C. The molecule has 0 unspecified atom stereocenters. The lowest BCUT2D eigenvalue weighted by Gasteiger charge is -2.17. The maximum Gasteiger partial charge on any atom is 0.311 e. The molecule has 4 heteroatoms. The molecule has 1 rings (SSSR count). The van der Waals surface area contributed by atoms with E-state index in [-0.39, 0.29) is 11.9 Å². The molecule has 29 heavy (non-hydrogen) atoms. The molecule has 0 aliphatic carbocycles. The van der Waals surface area contributed by atoms with Crippen LogP contribution in [0.5, 0.6) is 11.5 Å². The van der Waals surface area contributed by atoms with Gasteiger partial charge in [-0.05, 0) is 36.8 Å². The van der Waals surface area contributed by atoms with Gasteiger partial charge >= 0.3 is 11.9 Å². The average molecular weight is 405 g/mol. The van der Waals surface area contributed by atoms with E-state index in [1.165, 1.54) is 25.7 Å². The van der Waals surface area contributed by atoms with Crippen LogP contribution in [0.2, 0.25) is 0 Å². The fraction of sp³-hybridized carbons (Fsp3) is 0.680. The Hall–Kier alpha value is -1.84. The number of hydrogen-bond acceptors (Lipinski definition) is 4. The van der Waals surface area contributed by atoms with Gasteiger partial charge < -0.3 is 9.47 Å². The summed E-state index contributed by atoms with van der Waals surface area (Å²) < 4.78 is 10.8. The molecule has 0 bridgehead atoms. The third-order valence-electron chi connectivity index (χ3n) is 4.84. The quantitative estimate of drug-likeness (QED) is 0.186. The van der Waals surface area contributed by atoms with Gasteiger partial charge in [0.1, 0.15) is 0 Å². The van der Waals surface area contributed by atoms with Crippen molar-refractivity contribution in [3.05, 3.63) is 24.3 Å². The lowest BCUT2D eigenvalue weighted by Crippen LogP contribution is -2.12. The summed E-state index contributed by atoms with van der Waals surface area (Å²) in [4.78, 5) is 24.1. The van der Waals surface area contributed by atoms with E-state index in [4.69, 9.17) is 9.47 Å². The molecule has 0 amide bonds. The van der Waals surface area contributed by atoms with E-state index in [1.807, 2.05) is 0 Å². The number of unbranched alkanes of at least 4 members (excludes halogenated alkanes) is 7. The Morgan fingerprint density at radius 1 is 0.724 bits per heavy atom. The predicted octanol–water partition coefficient (Wildman–Crippen LogP) is 7.24. The molecular formula is C25H40O4. The van der Waals surface area contributed by atoms with Crippen molar-refractivity contribution in [2.45, 2.75) is 105 Å². The first-order chi connectivity index (χ1) is 13.8. The Labute approximate surface area is 177 Å². The molecular weight excluding hydrogens is 364 g/mol. The van der Waals surface area contributed by atoms with Crippen molar-refractivity contribution in [3.63, 3.8) is 0 Å². The Morgan fingerprint density at radius 3 is 1.66 bits per heavy atom. The number of esters is 2. The van der Waals surface area contributed by atoms with Crippen LogP contribution >= 0.6 is 0 Å². The fourth-order valence-corrected chi connectivity index (χ4v) is 3.12. The molecule has 0 N–H and O–H groups in total. The summed E-state index contributed by atoms with van der Waals surface area (Å²) in [6.07, 6.45) is 11.7. The summed E-state index contributed by atoms with van der Waals surface area (Å²) >= 11 is 0. The molecule has 0 aromatic heterocycles. The van der Waals surface area contributed by atoms with Crippen LogP contribution in [-0.2, 0) is 9.59 Å². The van der Waals surface area contributed by atoms with E-state index in [0.717, 1.165) is 38.5 Å². The second-order valence-electron chi connectivity index (χ2n) is 9.03. The number of rotatable bonds is 14. The van der Waals surface area contributed by atoms with Gasteiger partial charge in [-0.3, -0.25) is 9.59 Å². The van der Waals surface area contributed by atoms with Gasteiger partial charge in [0, 0.05) is 12.8 Å². The van der Waals surface area contributed by atoms with Crippen molar-refractivity contribution >= 4 is 11.9 Å². The van der Waals surface area contributed by atoms with Gasteiger partial charge in [0.05, 0.1) is 0 Å². The van der Waals surface area contributed by atoms with Crippen molar-refractivity contribution in [1.82, 2.24) is 0 Å². The minimum atomic E-state index is -0.284. The number of ether oxygens (including phenoxy) is 2. The molecule has 0 radical (unpaired) electrons. The first kappa shape index (κ1) is 25.2. The molecule has 0 atom stereocenters. The fourth-order valence-electron chi connectivity index (χ4n) is 3.12. The lowest BCUT2D eigenvalue weighted by atomic mass is 9.89. The highest BCUT2D eigenvalue weighted by Gasteiger charge is 2.13. The monoisotopic (exact) mass is 404 g/mol. The van der Waals surface area contributed by atoms with Gasteiger partial charge in [0.15, 0.2) is 11.5 Å². The standard InChI is InChI=1S/C25H40O4/c1-5-6-11-18-23(26)28-21-16-13-14-17-22(21)29-24(27)19-12-9-7-8-10-15-20-25(2,3)4/h13-14,16-17H,5-12,15,18-20H2,1-4H3. The summed E-state index contributed by atoms with van der Waals surface area (Å²) in [5, 5.41) is 0. The third-order valence-corrected chi connectivity index (χ3v) is 4.84. The summed E-state index contributed by atoms with van der Waals surface area (Å²) in [5.41, 5.74) is 0.421. The van der Waals surface area contributed by atoms with E-state index in [9.17, 15) is 9.59 Å². The van der Waals surface area contributed by atoms with Gasteiger partial charge in [-0.2, -0.15) is 0 Å². The first-order valence-electron chi connectivity index (χ1n) is 11.3. The van der Waals surface area contributed by atoms with Crippen molar-refractivity contribution < 1.29 is 19.1 Å². The molecule has 0 saturated heterocycles. The molecule has 0 spiro atoms. The Bertz CT molecular complexity index is 601. The second kappa shape index (κ2) is 14.2. The van der Waals surface area contributed by atoms with Crippen molar-refractivity contribution in [3.8, 4) is 11.5 Å². The van der Waals surface area contributed by atoms with Crippen molar-refractivity contribution in [1.29, 1.82) is 0 Å². The third kappa shape index (κ3) is 13.1. The minimum Gasteiger partial charge on any atom is -0.423 e. The van der Waals surface area contributed by atoms with Gasteiger partial charge in [0.25, 0.3) is 0 Å². The van der Waals surface area contributed by atoms with Gasteiger partial charge in [-0.1, -0.05) is 84.8 Å². The van der Waals surface area contributed by atoms with Crippen molar-refractivity contribution in [2.75, 3.05) is 0 Å². The van der Waals surface area contributed by atoms with E-state index >= 15 is 0 Å². The molecule has 164 valence electrons. The summed E-state index contributed by atoms with van der Waals surface area (Å²) in [6, 6.07) is 6.87. The van der Waals surface area contributed by atoms with Gasteiger partial charge in [-0.15, -0.1) is 0 Å². The maximum atomic E-state index is 12.1. The molecule has 0 heterocycles. The molecule has 1 aromatic carbocycles. The van der Waals surface area contributed by atoms with E-state index in [0.29, 0.717) is 29.8 Å². The summed E-state index contributed by atoms with van der Waals surface area (Å²) in [6.45, 7) is 8.94. The van der Waals surface area contributed by atoms with Crippen molar-refractivity contribution in [2.24, 2.45) is 5.41 Å². The molecule has 0 aliphatic rings. The molecule has 4 nitrogen and oxygen atoms in total. The minimum absolute atomic E-state index is 0.271. The summed E-state index contributed by atoms with van der Waals surface area (Å²) in [7, 11) is 0. The van der Waals surface area contributed by atoms with E-state index < -0.39 is 0 Å². The van der Waals surface area contributed by atoms with Crippen LogP contribution in [0.1, 0.15) is 105 Å². The van der Waals surface area contributed by atoms with E-state index in [1.54, 1.807) is 24.3 Å². The molecule has 0 fully saturated rings. The normalized spacial score (nSPS) is 11.3. The number of hydrogen-bond donors (Lipinski definition) is 0. The van der Waals surface area contributed by atoms with Crippen LogP contribution in [0.3, 0.4) is 0 Å². The Morgan fingerprint density at radius 2 is 1.17 bits per heavy atom. The predicted molar refractivity (Wildman–Crippen MR) is 118 cm³/mol. The van der Waals surface area contributed by atoms with Crippen LogP contribution < -0.4 is 9.47 Å². The zero-order valence-corrected chi connectivity index (χ0v) is 18.9. The second-order valence-corrected chi connectivity index (χ2v) is 9.03. The van der Waals surface area contributed by atoms with Gasteiger partial charge in [-0.25, -0.2) is 0 Å². The van der Waals surface area contributed by atoms with Gasteiger partial charge in [0.2, 0.25) is 0 Å². The highest BCUT2D eigenvalue weighted by molar-refractivity contribution is 5.76. The number of carbonyl (C=O) groups excluding carboxylic acids is 2. The first-order valence-corrected chi connectivity index (χ1v) is 11.3. The zero-order chi connectivity index (χ0) is 21.5. The largest absolute Gasteiger partial charge is 0.423 e. The molecule has 0 saturated carbocycles. The highest BCUT2D eigenvalue weighted by atomic mass is 16.6. The topological polar surface area (TPSA) is 52.6 Å². The lowest BCUT2D eigenvalue weighted by molar-refractivity contribution is -0.137. The zero-order valence-electron chi connectivity index (χ0n) is 18.9. The Balaban J connectivity index is 2.26. The number of carbonyl (C=O) groups is 2. The van der Waals surface area contributed by atoms with Crippen LogP contribution in [0, 0.1) is 5.41 Å². The Kier molecular flexibility index (Phi) is 12.3. The number of benzene rings is 1. The summed E-state index contributed by atoms with van der Waals surface area (Å²) in [5.74, 6) is 0.0883. The highest BCUT2D eigenvalue weighted by Crippen LogP contribution is 2.28. The van der Waals surface area contributed by atoms with E-state index in [2.05, 4.69) is 27.7 Å². The van der Waals surface area contributed by atoms with Crippen LogP contribution in [-0.4, -0.2) is 11.9 Å². The smallest absolute Gasteiger partial charge is 0.311 e. The van der Waals surface area contributed by atoms with Crippen LogP contribution in [0.25, 0.3) is 0 Å². The molecule has 1 aromatic rings. The van der Waals surface area contributed by atoms with Crippen LogP contribution in [0.15, 0.2) is 24.3 Å². The number of para-hydroxylation sites is 2. The molecule has 0 aliphatic heterocycles. The average Bonchev–Trinajstić information content (AvgIpc) is 2.65. The maximum absolute atomic E-state index is 12.1.